The minimum absolute atomic E-state index is 0.304. The Morgan fingerprint density at radius 1 is 1.21 bits per heavy atom. The van der Waals surface area contributed by atoms with E-state index in [1.807, 2.05) is 0 Å². The zero-order valence-electron chi connectivity index (χ0n) is 10.1. The van der Waals surface area contributed by atoms with E-state index in [0.29, 0.717) is 27.0 Å². The first kappa shape index (κ1) is 13.6. The van der Waals surface area contributed by atoms with E-state index >= 15 is 0 Å². The molecule has 98 valence electrons. The fraction of sp³-hybridized carbons (Fsp3) is 0.0769. The van der Waals surface area contributed by atoms with Gasteiger partial charge < -0.3 is 10.6 Å². The quantitative estimate of drug-likeness (QED) is 0.908. The van der Waals surface area contributed by atoms with Crippen molar-refractivity contribution in [3.63, 3.8) is 0 Å². The Hall–Kier alpha value is -1.78. The lowest BCUT2D eigenvalue weighted by molar-refractivity contribution is 0.102. The molecule has 0 spiro atoms. The Morgan fingerprint density at radius 2 is 1.89 bits per heavy atom. The van der Waals surface area contributed by atoms with Crippen LogP contribution in [-0.4, -0.2) is 17.9 Å². The topological polar surface area (TPSA) is 54.0 Å². The molecule has 6 heteroatoms. The van der Waals surface area contributed by atoms with Gasteiger partial charge in [-0.15, -0.1) is 0 Å². The van der Waals surface area contributed by atoms with Gasteiger partial charge >= 0.3 is 0 Å². The van der Waals surface area contributed by atoms with Crippen molar-refractivity contribution < 1.29 is 4.79 Å². The lowest BCUT2D eigenvalue weighted by Gasteiger charge is -2.11. The highest BCUT2D eigenvalue weighted by molar-refractivity contribution is 6.40. The van der Waals surface area contributed by atoms with Crippen LogP contribution in [0.2, 0.25) is 10.0 Å². The van der Waals surface area contributed by atoms with Crippen LogP contribution >= 0.6 is 23.2 Å². The van der Waals surface area contributed by atoms with Gasteiger partial charge in [-0.05, 0) is 18.2 Å². The van der Waals surface area contributed by atoms with Crippen molar-refractivity contribution >= 4 is 40.5 Å². The second-order valence-corrected chi connectivity index (χ2v) is 4.54. The maximum atomic E-state index is 12.2. The molecule has 0 unspecified atom stereocenters. The van der Waals surface area contributed by atoms with Crippen LogP contribution in [0.5, 0.6) is 0 Å². The highest BCUT2D eigenvalue weighted by Crippen LogP contribution is 2.30. The summed E-state index contributed by atoms with van der Waals surface area (Å²) in [5, 5.41) is 6.38. The molecule has 0 bridgehead atoms. The molecule has 1 heterocycles. The first-order valence-electron chi connectivity index (χ1n) is 5.50. The van der Waals surface area contributed by atoms with Gasteiger partial charge in [0.05, 0.1) is 33.2 Å². The van der Waals surface area contributed by atoms with Gasteiger partial charge in [0.25, 0.3) is 5.91 Å². The van der Waals surface area contributed by atoms with Crippen LogP contribution in [0.4, 0.5) is 11.4 Å². The predicted molar refractivity (Wildman–Crippen MR) is 78.2 cm³/mol. The second-order valence-electron chi connectivity index (χ2n) is 3.72. The van der Waals surface area contributed by atoms with Crippen molar-refractivity contribution in [3.05, 3.63) is 52.3 Å². The summed E-state index contributed by atoms with van der Waals surface area (Å²) in [5.74, 6) is -0.304. The molecule has 0 saturated carbocycles. The molecule has 0 fully saturated rings. The Bertz CT molecular complexity index is 596. The van der Waals surface area contributed by atoms with Gasteiger partial charge in [0, 0.05) is 13.2 Å². The zero-order chi connectivity index (χ0) is 13.8. The summed E-state index contributed by atoms with van der Waals surface area (Å²) in [6.45, 7) is 0. The number of anilines is 2. The van der Waals surface area contributed by atoms with Crippen molar-refractivity contribution in [2.75, 3.05) is 17.7 Å². The SMILES string of the molecule is CNc1cnccc1C(=O)Nc1c(Cl)cccc1Cl. The molecule has 0 aliphatic carbocycles. The average Bonchev–Trinajstić information content (AvgIpc) is 2.42. The number of para-hydroxylation sites is 1. The van der Waals surface area contributed by atoms with Gasteiger partial charge in [0.1, 0.15) is 0 Å². The number of benzene rings is 1. The lowest BCUT2D eigenvalue weighted by atomic mass is 10.2. The molecule has 1 aromatic heterocycles. The predicted octanol–water partition coefficient (Wildman–Crippen LogP) is 3.68. The maximum absolute atomic E-state index is 12.2. The van der Waals surface area contributed by atoms with Crippen LogP contribution in [-0.2, 0) is 0 Å². The highest BCUT2D eigenvalue weighted by Gasteiger charge is 2.14. The number of hydrogen-bond donors (Lipinski definition) is 2. The first-order valence-corrected chi connectivity index (χ1v) is 6.26. The fourth-order valence-electron chi connectivity index (χ4n) is 1.59. The number of rotatable bonds is 3. The average molecular weight is 296 g/mol. The molecule has 0 radical (unpaired) electrons. The van der Waals surface area contributed by atoms with Crippen molar-refractivity contribution in [2.45, 2.75) is 0 Å². The number of pyridine rings is 1. The van der Waals surface area contributed by atoms with Crippen LogP contribution in [0, 0.1) is 0 Å². The Morgan fingerprint density at radius 3 is 2.53 bits per heavy atom. The van der Waals surface area contributed by atoms with Crippen molar-refractivity contribution in [1.29, 1.82) is 0 Å². The Balaban J connectivity index is 2.31. The van der Waals surface area contributed by atoms with E-state index in [1.54, 1.807) is 43.7 Å². The van der Waals surface area contributed by atoms with Gasteiger partial charge in [-0.1, -0.05) is 29.3 Å². The standard InChI is InChI=1S/C13H11Cl2N3O/c1-16-11-7-17-6-5-8(11)13(19)18-12-9(14)3-2-4-10(12)15/h2-7,16H,1H3,(H,18,19). The van der Waals surface area contributed by atoms with E-state index in [9.17, 15) is 4.79 Å². The zero-order valence-corrected chi connectivity index (χ0v) is 11.6. The van der Waals surface area contributed by atoms with Gasteiger partial charge in [0.2, 0.25) is 0 Å². The van der Waals surface area contributed by atoms with E-state index in [0.717, 1.165) is 0 Å². The molecule has 2 rings (SSSR count). The first-order chi connectivity index (χ1) is 9.13. The number of amides is 1. The molecule has 19 heavy (non-hydrogen) atoms. The summed E-state index contributed by atoms with van der Waals surface area (Å²) in [4.78, 5) is 16.1. The van der Waals surface area contributed by atoms with Crippen LogP contribution in [0.1, 0.15) is 10.4 Å². The molecule has 0 aliphatic rings. The Labute approximate surface area is 120 Å². The molecule has 4 nitrogen and oxygen atoms in total. The molecule has 0 atom stereocenters. The van der Waals surface area contributed by atoms with E-state index in [1.165, 1.54) is 0 Å². The number of carbonyl (C=O) groups is 1. The molecule has 0 aliphatic heterocycles. The second kappa shape index (κ2) is 5.91. The van der Waals surface area contributed by atoms with Crippen LogP contribution < -0.4 is 10.6 Å². The molecule has 1 amide bonds. The van der Waals surface area contributed by atoms with Crippen molar-refractivity contribution in [2.24, 2.45) is 0 Å². The third kappa shape index (κ3) is 2.97. The summed E-state index contributed by atoms with van der Waals surface area (Å²) < 4.78 is 0. The summed E-state index contributed by atoms with van der Waals surface area (Å²) in [6, 6.07) is 6.65. The lowest BCUT2D eigenvalue weighted by Crippen LogP contribution is -2.14. The van der Waals surface area contributed by atoms with Gasteiger partial charge in [0.15, 0.2) is 0 Å². The maximum Gasteiger partial charge on any atom is 0.257 e. The number of hydrogen-bond acceptors (Lipinski definition) is 3. The normalized spacial score (nSPS) is 10.1. The molecule has 1 aromatic carbocycles. The minimum atomic E-state index is -0.304. The van der Waals surface area contributed by atoms with Crippen LogP contribution in [0.3, 0.4) is 0 Å². The molecule has 2 N–H and O–H groups in total. The summed E-state index contributed by atoms with van der Waals surface area (Å²) in [6.07, 6.45) is 3.12. The van der Waals surface area contributed by atoms with E-state index in [-0.39, 0.29) is 5.91 Å². The molecule has 0 saturated heterocycles. The smallest absolute Gasteiger partial charge is 0.257 e. The van der Waals surface area contributed by atoms with E-state index in [2.05, 4.69) is 15.6 Å². The van der Waals surface area contributed by atoms with Crippen molar-refractivity contribution in [1.82, 2.24) is 4.98 Å². The van der Waals surface area contributed by atoms with Gasteiger partial charge in [-0.2, -0.15) is 0 Å². The van der Waals surface area contributed by atoms with E-state index < -0.39 is 0 Å². The van der Waals surface area contributed by atoms with Crippen LogP contribution in [0.25, 0.3) is 0 Å². The van der Waals surface area contributed by atoms with Gasteiger partial charge in [-0.3, -0.25) is 9.78 Å². The number of aromatic nitrogens is 1. The largest absolute Gasteiger partial charge is 0.386 e. The number of nitrogens with zero attached hydrogens (tertiary/aromatic N) is 1. The fourth-order valence-corrected chi connectivity index (χ4v) is 2.08. The monoisotopic (exact) mass is 295 g/mol. The van der Waals surface area contributed by atoms with E-state index in [4.69, 9.17) is 23.2 Å². The minimum Gasteiger partial charge on any atom is -0.386 e. The Kier molecular flexibility index (Phi) is 4.24. The summed E-state index contributed by atoms with van der Waals surface area (Å²) in [7, 11) is 1.72. The number of nitrogens with one attached hydrogen (secondary N) is 2. The highest BCUT2D eigenvalue weighted by atomic mass is 35.5. The van der Waals surface area contributed by atoms with Gasteiger partial charge in [-0.25, -0.2) is 0 Å². The molecular formula is C13H11Cl2N3O. The third-order valence-corrected chi connectivity index (χ3v) is 3.17. The number of halogens is 2. The summed E-state index contributed by atoms with van der Waals surface area (Å²) in [5.41, 5.74) is 1.49. The summed E-state index contributed by atoms with van der Waals surface area (Å²) >= 11 is 12.0. The van der Waals surface area contributed by atoms with Crippen molar-refractivity contribution in [3.8, 4) is 0 Å². The number of carbonyl (C=O) groups excluding carboxylic acids is 1. The van der Waals surface area contributed by atoms with Crippen LogP contribution in [0.15, 0.2) is 36.7 Å². The molecular weight excluding hydrogens is 285 g/mol. The molecule has 2 aromatic rings. The third-order valence-electron chi connectivity index (χ3n) is 2.54.